The number of halogens is 2. The average Bonchev–Trinajstić information content (AvgIpc) is 3.06. The third-order valence-electron chi connectivity index (χ3n) is 2.99. The van der Waals surface area contributed by atoms with Gasteiger partial charge in [0.25, 0.3) is 9.05 Å². The second kappa shape index (κ2) is 4.51. The van der Waals surface area contributed by atoms with Crippen LogP contribution in [-0.2, 0) is 9.05 Å². The van der Waals surface area contributed by atoms with Crippen molar-refractivity contribution in [3.8, 4) is 5.69 Å². The molecule has 100 valence electrons. The zero-order valence-corrected chi connectivity index (χ0v) is 12.1. The average molecular weight is 317 g/mol. The Bertz CT molecular complexity index is 736. The molecule has 1 saturated carbocycles. The Labute approximate surface area is 120 Å². The molecular weight excluding hydrogens is 307 g/mol. The Balaban J connectivity index is 2.18. The van der Waals surface area contributed by atoms with Gasteiger partial charge < -0.3 is 0 Å². The third kappa shape index (κ3) is 2.63. The zero-order chi connectivity index (χ0) is 13.6. The van der Waals surface area contributed by atoms with Crippen molar-refractivity contribution < 1.29 is 8.42 Å². The minimum absolute atomic E-state index is 0.0154. The molecule has 3 rings (SSSR count). The van der Waals surface area contributed by atoms with E-state index in [1.54, 1.807) is 30.3 Å². The van der Waals surface area contributed by atoms with E-state index in [1.165, 1.54) is 4.68 Å². The van der Waals surface area contributed by atoms with Gasteiger partial charge in [-0.25, -0.2) is 13.1 Å². The first-order valence-electron chi connectivity index (χ1n) is 5.76. The van der Waals surface area contributed by atoms with Gasteiger partial charge in [-0.1, -0.05) is 17.7 Å². The van der Waals surface area contributed by atoms with Crippen LogP contribution in [0.4, 0.5) is 0 Å². The van der Waals surface area contributed by atoms with Crippen LogP contribution in [0.1, 0.15) is 24.5 Å². The van der Waals surface area contributed by atoms with Crippen molar-refractivity contribution in [1.29, 1.82) is 0 Å². The summed E-state index contributed by atoms with van der Waals surface area (Å²) in [5.41, 5.74) is 1.35. The molecule has 1 aromatic heterocycles. The van der Waals surface area contributed by atoms with Gasteiger partial charge in [-0.15, -0.1) is 0 Å². The molecule has 0 unspecified atom stereocenters. The fraction of sp³-hybridized carbons (Fsp3) is 0.250. The predicted octanol–water partition coefficient (Wildman–Crippen LogP) is 3.33. The Morgan fingerprint density at radius 1 is 1.26 bits per heavy atom. The highest BCUT2D eigenvalue weighted by Gasteiger charge is 2.30. The lowest BCUT2D eigenvalue weighted by atomic mass is 10.3. The number of hydrogen-bond acceptors (Lipinski definition) is 3. The molecule has 2 aromatic rings. The second-order valence-electron chi connectivity index (χ2n) is 4.51. The van der Waals surface area contributed by atoms with E-state index >= 15 is 0 Å². The maximum absolute atomic E-state index is 11.6. The summed E-state index contributed by atoms with van der Waals surface area (Å²) in [4.78, 5) is 0. The van der Waals surface area contributed by atoms with E-state index in [-0.39, 0.29) is 5.03 Å². The predicted molar refractivity (Wildman–Crippen MR) is 73.6 cm³/mol. The molecule has 1 aliphatic carbocycles. The molecule has 19 heavy (non-hydrogen) atoms. The second-order valence-corrected chi connectivity index (χ2v) is 7.46. The summed E-state index contributed by atoms with van der Waals surface area (Å²) in [5, 5.41) is 4.84. The van der Waals surface area contributed by atoms with Gasteiger partial charge in [-0.3, -0.25) is 0 Å². The van der Waals surface area contributed by atoms with E-state index in [1.807, 2.05) is 0 Å². The molecule has 0 aliphatic heterocycles. The van der Waals surface area contributed by atoms with Gasteiger partial charge in [-0.05, 0) is 31.0 Å². The summed E-state index contributed by atoms with van der Waals surface area (Å²) in [6, 6.07) is 8.38. The van der Waals surface area contributed by atoms with Crippen LogP contribution in [0.15, 0.2) is 35.4 Å². The monoisotopic (exact) mass is 316 g/mol. The van der Waals surface area contributed by atoms with Gasteiger partial charge in [0.15, 0.2) is 5.03 Å². The summed E-state index contributed by atoms with van der Waals surface area (Å²) in [6.45, 7) is 0. The topological polar surface area (TPSA) is 52.0 Å². The van der Waals surface area contributed by atoms with Crippen molar-refractivity contribution in [3.63, 3.8) is 0 Å². The number of nitrogens with zero attached hydrogens (tertiary/aromatic N) is 2. The number of aromatic nitrogens is 2. The van der Waals surface area contributed by atoms with Gasteiger partial charge in [0.05, 0.1) is 11.4 Å². The normalized spacial score (nSPS) is 15.7. The molecule has 1 heterocycles. The van der Waals surface area contributed by atoms with E-state index in [2.05, 4.69) is 5.10 Å². The molecular formula is C12H10Cl2N2O2S. The molecule has 1 aromatic carbocycles. The van der Waals surface area contributed by atoms with E-state index < -0.39 is 9.05 Å². The van der Waals surface area contributed by atoms with Gasteiger partial charge >= 0.3 is 0 Å². The minimum Gasteiger partial charge on any atom is -0.221 e. The van der Waals surface area contributed by atoms with E-state index in [4.69, 9.17) is 22.3 Å². The van der Waals surface area contributed by atoms with E-state index in [0.29, 0.717) is 16.6 Å². The van der Waals surface area contributed by atoms with Crippen LogP contribution in [0.2, 0.25) is 5.02 Å². The van der Waals surface area contributed by atoms with Crippen LogP contribution in [-0.4, -0.2) is 18.2 Å². The summed E-state index contributed by atoms with van der Waals surface area (Å²) in [5.74, 6) is 0.345. The van der Waals surface area contributed by atoms with Gasteiger partial charge in [0.2, 0.25) is 0 Å². The number of benzene rings is 1. The fourth-order valence-corrected chi connectivity index (χ4v) is 3.05. The molecule has 4 nitrogen and oxygen atoms in total. The van der Waals surface area contributed by atoms with Crippen LogP contribution in [0.5, 0.6) is 0 Å². The van der Waals surface area contributed by atoms with Crippen LogP contribution >= 0.6 is 22.3 Å². The first-order chi connectivity index (χ1) is 8.95. The highest BCUT2D eigenvalue weighted by Crippen LogP contribution is 2.40. The quantitative estimate of drug-likeness (QED) is 0.816. The van der Waals surface area contributed by atoms with Crippen molar-refractivity contribution in [3.05, 3.63) is 41.0 Å². The van der Waals surface area contributed by atoms with Crippen molar-refractivity contribution in [1.82, 2.24) is 9.78 Å². The molecule has 1 aliphatic rings. The molecule has 0 amide bonds. The van der Waals surface area contributed by atoms with Crippen molar-refractivity contribution in [2.75, 3.05) is 0 Å². The standard InChI is InChI=1S/C12H10Cl2N2O2S/c13-9-2-1-3-10(6-9)16-12(19(14,17)18)7-11(15-16)8-4-5-8/h1-3,6-8H,4-5H2. The Kier molecular flexibility index (Phi) is 3.08. The lowest BCUT2D eigenvalue weighted by Gasteiger charge is -2.05. The smallest absolute Gasteiger partial charge is 0.221 e. The first-order valence-corrected chi connectivity index (χ1v) is 8.44. The zero-order valence-electron chi connectivity index (χ0n) is 9.75. The molecule has 7 heteroatoms. The lowest BCUT2D eigenvalue weighted by molar-refractivity contribution is 0.599. The van der Waals surface area contributed by atoms with Gasteiger partial charge in [-0.2, -0.15) is 5.10 Å². The number of rotatable bonds is 3. The van der Waals surface area contributed by atoms with Crippen LogP contribution in [0.3, 0.4) is 0 Å². The highest BCUT2D eigenvalue weighted by molar-refractivity contribution is 8.13. The molecule has 1 fully saturated rings. The molecule has 0 N–H and O–H groups in total. The fourth-order valence-electron chi connectivity index (χ4n) is 1.93. The summed E-state index contributed by atoms with van der Waals surface area (Å²) < 4.78 is 24.6. The van der Waals surface area contributed by atoms with Crippen LogP contribution in [0.25, 0.3) is 5.69 Å². The summed E-state index contributed by atoms with van der Waals surface area (Å²) in [6.07, 6.45) is 2.07. The molecule has 0 saturated heterocycles. The first kappa shape index (κ1) is 13.0. The maximum atomic E-state index is 11.6. The summed E-state index contributed by atoms with van der Waals surface area (Å²) in [7, 11) is 1.62. The Morgan fingerprint density at radius 3 is 2.58 bits per heavy atom. The third-order valence-corrected chi connectivity index (χ3v) is 4.49. The van der Waals surface area contributed by atoms with Gasteiger partial charge in [0, 0.05) is 27.7 Å². The van der Waals surface area contributed by atoms with Crippen LogP contribution in [0, 0.1) is 0 Å². The molecule has 0 radical (unpaired) electrons. The minimum atomic E-state index is -3.85. The molecule has 0 atom stereocenters. The SMILES string of the molecule is O=S(=O)(Cl)c1cc(C2CC2)nn1-c1cccc(Cl)c1. The molecule has 0 spiro atoms. The van der Waals surface area contributed by atoms with Gasteiger partial charge in [0.1, 0.15) is 0 Å². The Hall–Kier alpha value is -1.04. The Morgan fingerprint density at radius 2 is 2.00 bits per heavy atom. The van der Waals surface area contributed by atoms with Crippen molar-refractivity contribution >= 4 is 31.3 Å². The maximum Gasteiger partial charge on any atom is 0.278 e. The lowest BCUT2D eigenvalue weighted by Crippen LogP contribution is -2.04. The van der Waals surface area contributed by atoms with E-state index in [0.717, 1.165) is 18.5 Å². The highest BCUT2D eigenvalue weighted by atomic mass is 35.7. The van der Waals surface area contributed by atoms with Crippen LogP contribution < -0.4 is 0 Å². The van der Waals surface area contributed by atoms with Crippen molar-refractivity contribution in [2.24, 2.45) is 0 Å². The molecule has 0 bridgehead atoms. The summed E-state index contributed by atoms with van der Waals surface area (Å²) >= 11 is 5.92. The number of hydrogen-bond donors (Lipinski definition) is 0. The largest absolute Gasteiger partial charge is 0.278 e. The van der Waals surface area contributed by atoms with Crippen molar-refractivity contribution in [2.45, 2.75) is 23.8 Å². The van der Waals surface area contributed by atoms with E-state index in [9.17, 15) is 8.42 Å².